The van der Waals surface area contributed by atoms with Gasteiger partial charge >= 0.3 is 0 Å². The van der Waals surface area contributed by atoms with E-state index in [1.54, 1.807) is 6.07 Å². The molecule has 0 atom stereocenters. The van der Waals surface area contributed by atoms with E-state index in [0.29, 0.717) is 13.2 Å². The van der Waals surface area contributed by atoms with Gasteiger partial charge < -0.3 is 15.2 Å². The number of rotatable bonds is 5. The lowest BCUT2D eigenvalue weighted by atomic mass is 10.1. The predicted molar refractivity (Wildman–Crippen MR) is 77.7 cm³/mol. The van der Waals surface area contributed by atoms with Gasteiger partial charge in [-0.05, 0) is 55.3 Å². The van der Waals surface area contributed by atoms with Gasteiger partial charge in [0, 0.05) is 12.2 Å². The van der Waals surface area contributed by atoms with E-state index in [-0.39, 0.29) is 5.75 Å². The van der Waals surface area contributed by atoms with Crippen LogP contribution >= 0.6 is 0 Å². The van der Waals surface area contributed by atoms with Crippen LogP contribution in [-0.4, -0.2) is 11.7 Å². The average molecular weight is 275 g/mol. The van der Waals surface area contributed by atoms with Crippen molar-refractivity contribution in [3.05, 3.63) is 53.3 Å². The standard InChI is InChI=1S/C16H18FNO2/c1-3-20-13-5-6-15(11(2)8-13)18-10-12-4-7-16(19)14(17)9-12/h4-9,18-19H,3,10H2,1-2H3. The van der Waals surface area contributed by atoms with Crippen molar-refractivity contribution in [2.24, 2.45) is 0 Å². The maximum Gasteiger partial charge on any atom is 0.165 e. The summed E-state index contributed by atoms with van der Waals surface area (Å²) in [6.07, 6.45) is 0. The molecule has 2 aromatic rings. The molecule has 3 nitrogen and oxygen atoms in total. The van der Waals surface area contributed by atoms with Crippen LogP contribution in [0.4, 0.5) is 10.1 Å². The smallest absolute Gasteiger partial charge is 0.165 e. The largest absolute Gasteiger partial charge is 0.505 e. The summed E-state index contributed by atoms with van der Waals surface area (Å²) < 4.78 is 18.7. The summed E-state index contributed by atoms with van der Waals surface area (Å²) in [7, 11) is 0. The maximum absolute atomic E-state index is 13.2. The van der Waals surface area contributed by atoms with Crippen molar-refractivity contribution in [3.63, 3.8) is 0 Å². The molecule has 0 radical (unpaired) electrons. The average Bonchev–Trinajstić information content (AvgIpc) is 2.42. The zero-order valence-corrected chi connectivity index (χ0v) is 11.6. The van der Waals surface area contributed by atoms with E-state index in [1.807, 2.05) is 32.0 Å². The highest BCUT2D eigenvalue weighted by Gasteiger charge is 2.03. The van der Waals surface area contributed by atoms with Crippen LogP contribution in [-0.2, 0) is 6.54 Å². The summed E-state index contributed by atoms with van der Waals surface area (Å²) in [6, 6.07) is 10.2. The molecule has 20 heavy (non-hydrogen) atoms. The van der Waals surface area contributed by atoms with Crippen LogP contribution in [0.3, 0.4) is 0 Å². The molecule has 106 valence electrons. The third-order valence-electron chi connectivity index (χ3n) is 3.00. The number of phenols is 1. The van der Waals surface area contributed by atoms with Crippen LogP contribution in [0.2, 0.25) is 0 Å². The Labute approximate surface area is 118 Å². The Kier molecular flexibility index (Phi) is 4.45. The molecule has 0 spiro atoms. The van der Waals surface area contributed by atoms with E-state index < -0.39 is 5.82 Å². The predicted octanol–water partition coefficient (Wildman–Crippen LogP) is 3.85. The Balaban J connectivity index is 2.05. The molecule has 2 rings (SSSR count). The first kappa shape index (κ1) is 14.2. The fourth-order valence-corrected chi connectivity index (χ4v) is 1.95. The quantitative estimate of drug-likeness (QED) is 0.871. The number of phenolic OH excluding ortho intramolecular Hbond substituents is 1. The van der Waals surface area contributed by atoms with Crippen LogP contribution in [0.15, 0.2) is 36.4 Å². The van der Waals surface area contributed by atoms with Gasteiger partial charge in [0.1, 0.15) is 5.75 Å². The summed E-state index contributed by atoms with van der Waals surface area (Å²) in [5.41, 5.74) is 2.81. The molecule has 0 amide bonds. The van der Waals surface area contributed by atoms with E-state index in [2.05, 4.69) is 5.32 Å². The molecule has 0 aliphatic carbocycles. The molecule has 0 bridgehead atoms. The fourth-order valence-electron chi connectivity index (χ4n) is 1.95. The number of anilines is 1. The van der Waals surface area contributed by atoms with Gasteiger partial charge in [0.05, 0.1) is 6.61 Å². The number of benzene rings is 2. The molecular formula is C16H18FNO2. The van der Waals surface area contributed by atoms with E-state index >= 15 is 0 Å². The van der Waals surface area contributed by atoms with Gasteiger partial charge in [-0.15, -0.1) is 0 Å². The van der Waals surface area contributed by atoms with Crippen LogP contribution < -0.4 is 10.1 Å². The van der Waals surface area contributed by atoms with Crippen molar-refractivity contribution < 1.29 is 14.2 Å². The molecule has 0 saturated carbocycles. The molecule has 0 aliphatic heterocycles. The summed E-state index contributed by atoms with van der Waals surface area (Å²) in [5, 5.41) is 12.4. The van der Waals surface area contributed by atoms with Crippen LogP contribution in [0.5, 0.6) is 11.5 Å². The van der Waals surface area contributed by atoms with Crippen molar-refractivity contribution in [1.82, 2.24) is 0 Å². The molecule has 0 heterocycles. The number of ether oxygens (including phenoxy) is 1. The highest BCUT2D eigenvalue weighted by molar-refractivity contribution is 5.54. The second kappa shape index (κ2) is 6.28. The van der Waals surface area contributed by atoms with Crippen molar-refractivity contribution in [1.29, 1.82) is 0 Å². The van der Waals surface area contributed by atoms with E-state index in [1.165, 1.54) is 12.1 Å². The summed E-state index contributed by atoms with van der Waals surface area (Å²) in [4.78, 5) is 0. The van der Waals surface area contributed by atoms with Gasteiger partial charge in [-0.1, -0.05) is 6.07 Å². The second-order valence-electron chi connectivity index (χ2n) is 4.55. The first-order chi connectivity index (χ1) is 9.60. The van der Waals surface area contributed by atoms with Crippen molar-refractivity contribution in [2.75, 3.05) is 11.9 Å². The molecule has 0 aliphatic rings. The Bertz CT molecular complexity index is 599. The number of hydrogen-bond donors (Lipinski definition) is 2. The number of aromatic hydroxyl groups is 1. The van der Waals surface area contributed by atoms with Gasteiger partial charge in [-0.2, -0.15) is 0 Å². The van der Waals surface area contributed by atoms with Crippen molar-refractivity contribution in [2.45, 2.75) is 20.4 Å². The van der Waals surface area contributed by atoms with Crippen molar-refractivity contribution >= 4 is 5.69 Å². The van der Waals surface area contributed by atoms with Gasteiger partial charge in [-0.3, -0.25) is 0 Å². The fraction of sp³-hybridized carbons (Fsp3) is 0.250. The van der Waals surface area contributed by atoms with Crippen molar-refractivity contribution in [3.8, 4) is 11.5 Å². The second-order valence-corrected chi connectivity index (χ2v) is 4.55. The Hall–Kier alpha value is -2.23. The Morgan fingerprint density at radius 2 is 2.00 bits per heavy atom. The van der Waals surface area contributed by atoms with E-state index in [9.17, 15) is 4.39 Å². The summed E-state index contributed by atoms with van der Waals surface area (Å²) in [6.45, 7) is 5.06. The summed E-state index contributed by atoms with van der Waals surface area (Å²) in [5.74, 6) is -0.0926. The first-order valence-corrected chi connectivity index (χ1v) is 6.55. The SMILES string of the molecule is CCOc1ccc(NCc2ccc(O)c(F)c2)c(C)c1. The number of nitrogens with one attached hydrogen (secondary N) is 1. The minimum absolute atomic E-state index is 0.328. The lowest BCUT2D eigenvalue weighted by molar-refractivity contribution is 0.340. The molecule has 0 unspecified atom stereocenters. The Morgan fingerprint density at radius 1 is 1.20 bits per heavy atom. The molecular weight excluding hydrogens is 257 g/mol. The molecule has 0 aromatic heterocycles. The van der Waals surface area contributed by atoms with Gasteiger partial charge in [0.2, 0.25) is 0 Å². The Morgan fingerprint density at radius 3 is 2.65 bits per heavy atom. The minimum atomic E-state index is -0.604. The third kappa shape index (κ3) is 3.41. The van der Waals surface area contributed by atoms with Gasteiger partial charge in [0.15, 0.2) is 11.6 Å². The topological polar surface area (TPSA) is 41.5 Å². The first-order valence-electron chi connectivity index (χ1n) is 6.55. The molecule has 2 aromatic carbocycles. The van der Waals surface area contributed by atoms with E-state index in [4.69, 9.17) is 9.84 Å². The van der Waals surface area contributed by atoms with Crippen LogP contribution in [0.25, 0.3) is 0 Å². The zero-order chi connectivity index (χ0) is 14.5. The van der Waals surface area contributed by atoms with Gasteiger partial charge in [-0.25, -0.2) is 4.39 Å². The molecule has 0 fully saturated rings. The van der Waals surface area contributed by atoms with Gasteiger partial charge in [0.25, 0.3) is 0 Å². The maximum atomic E-state index is 13.2. The van der Waals surface area contributed by atoms with E-state index in [0.717, 1.165) is 22.6 Å². The monoisotopic (exact) mass is 275 g/mol. The molecule has 0 saturated heterocycles. The normalized spacial score (nSPS) is 10.3. The zero-order valence-electron chi connectivity index (χ0n) is 11.6. The lowest BCUT2D eigenvalue weighted by Crippen LogP contribution is -2.02. The highest BCUT2D eigenvalue weighted by atomic mass is 19.1. The minimum Gasteiger partial charge on any atom is -0.505 e. The highest BCUT2D eigenvalue weighted by Crippen LogP contribution is 2.22. The number of hydrogen-bond acceptors (Lipinski definition) is 3. The van der Waals surface area contributed by atoms with Crippen LogP contribution in [0, 0.1) is 12.7 Å². The summed E-state index contributed by atoms with van der Waals surface area (Å²) >= 11 is 0. The third-order valence-corrected chi connectivity index (χ3v) is 3.00. The number of aryl methyl sites for hydroxylation is 1. The number of halogens is 1. The molecule has 4 heteroatoms. The lowest BCUT2D eigenvalue weighted by Gasteiger charge is -2.12. The van der Waals surface area contributed by atoms with Crippen LogP contribution in [0.1, 0.15) is 18.1 Å². The molecule has 2 N–H and O–H groups in total.